The molecule has 0 aliphatic carbocycles. The first kappa shape index (κ1) is 11.7. The lowest BCUT2D eigenvalue weighted by Crippen LogP contribution is -2.47. The fraction of sp³-hybridized carbons (Fsp3) is 0.909. The van der Waals surface area contributed by atoms with Crippen LogP contribution in [0.3, 0.4) is 0 Å². The maximum atomic E-state index is 10.9. The molecule has 1 unspecified atom stereocenters. The van der Waals surface area contributed by atoms with E-state index in [-0.39, 0.29) is 6.03 Å². The molecule has 2 fully saturated rings. The molecular weight excluding hydrogens is 206 g/mol. The van der Waals surface area contributed by atoms with Gasteiger partial charge in [0.15, 0.2) is 0 Å². The van der Waals surface area contributed by atoms with Crippen LogP contribution in [0.25, 0.3) is 0 Å². The standard InChI is InChI=1S/C11H21N3O2/c12-11(15)14-5-3-9(4-6-14)13-8-10-2-1-7-16-10/h9-10,13H,1-8H2,(H2,12,15). The van der Waals surface area contributed by atoms with E-state index < -0.39 is 0 Å². The summed E-state index contributed by atoms with van der Waals surface area (Å²) in [5.74, 6) is 0. The number of nitrogens with zero attached hydrogens (tertiary/aromatic N) is 1. The largest absolute Gasteiger partial charge is 0.377 e. The molecule has 92 valence electrons. The first-order chi connectivity index (χ1) is 7.75. The molecule has 5 nitrogen and oxygen atoms in total. The summed E-state index contributed by atoms with van der Waals surface area (Å²) in [6.45, 7) is 3.41. The number of primary amides is 1. The summed E-state index contributed by atoms with van der Waals surface area (Å²) >= 11 is 0. The molecule has 5 heteroatoms. The first-order valence-corrected chi connectivity index (χ1v) is 6.15. The Labute approximate surface area is 96.3 Å². The van der Waals surface area contributed by atoms with E-state index in [1.54, 1.807) is 4.90 Å². The average Bonchev–Trinajstić information content (AvgIpc) is 2.80. The van der Waals surface area contributed by atoms with Gasteiger partial charge in [-0.2, -0.15) is 0 Å². The molecule has 0 saturated carbocycles. The van der Waals surface area contributed by atoms with Crippen molar-refractivity contribution in [1.82, 2.24) is 10.2 Å². The zero-order valence-corrected chi connectivity index (χ0v) is 9.65. The van der Waals surface area contributed by atoms with E-state index in [2.05, 4.69) is 5.32 Å². The van der Waals surface area contributed by atoms with Crippen molar-refractivity contribution >= 4 is 6.03 Å². The molecule has 0 aromatic heterocycles. The lowest BCUT2D eigenvalue weighted by Gasteiger charge is -2.31. The highest BCUT2D eigenvalue weighted by Gasteiger charge is 2.22. The van der Waals surface area contributed by atoms with Gasteiger partial charge in [-0.25, -0.2) is 4.79 Å². The van der Waals surface area contributed by atoms with Gasteiger partial charge in [-0.3, -0.25) is 0 Å². The Morgan fingerprint density at radius 3 is 2.69 bits per heavy atom. The number of carbonyl (C=O) groups is 1. The van der Waals surface area contributed by atoms with E-state index in [0.717, 1.165) is 39.1 Å². The third-order valence-corrected chi connectivity index (χ3v) is 3.46. The van der Waals surface area contributed by atoms with E-state index in [4.69, 9.17) is 10.5 Å². The second kappa shape index (κ2) is 5.50. The fourth-order valence-corrected chi connectivity index (χ4v) is 2.41. The maximum Gasteiger partial charge on any atom is 0.314 e. The van der Waals surface area contributed by atoms with Crippen LogP contribution in [-0.2, 0) is 4.74 Å². The summed E-state index contributed by atoms with van der Waals surface area (Å²) in [5, 5.41) is 3.52. The quantitative estimate of drug-likeness (QED) is 0.728. The topological polar surface area (TPSA) is 67.6 Å². The smallest absolute Gasteiger partial charge is 0.314 e. The molecule has 2 amide bonds. The second-order valence-electron chi connectivity index (χ2n) is 4.64. The number of hydrogen-bond acceptors (Lipinski definition) is 3. The van der Waals surface area contributed by atoms with Crippen LogP contribution < -0.4 is 11.1 Å². The minimum atomic E-state index is -0.294. The molecule has 2 aliphatic rings. The zero-order valence-electron chi connectivity index (χ0n) is 9.65. The van der Waals surface area contributed by atoms with Crippen molar-refractivity contribution in [3.05, 3.63) is 0 Å². The van der Waals surface area contributed by atoms with E-state index in [0.29, 0.717) is 12.1 Å². The highest BCUT2D eigenvalue weighted by molar-refractivity contribution is 5.72. The number of carbonyl (C=O) groups excluding carboxylic acids is 1. The summed E-state index contributed by atoms with van der Waals surface area (Å²) in [6.07, 6.45) is 4.75. The molecule has 0 spiro atoms. The number of likely N-dealkylation sites (tertiary alicyclic amines) is 1. The number of piperidine rings is 1. The Kier molecular flexibility index (Phi) is 4.01. The number of amides is 2. The summed E-state index contributed by atoms with van der Waals surface area (Å²) in [6, 6.07) is 0.220. The van der Waals surface area contributed by atoms with Gasteiger partial charge < -0.3 is 20.7 Å². The molecule has 0 aromatic rings. The second-order valence-corrected chi connectivity index (χ2v) is 4.64. The molecule has 2 heterocycles. The lowest BCUT2D eigenvalue weighted by atomic mass is 10.1. The van der Waals surface area contributed by atoms with Crippen LogP contribution in [0.15, 0.2) is 0 Å². The van der Waals surface area contributed by atoms with Crippen molar-refractivity contribution < 1.29 is 9.53 Å². The minimum Gasteiger partial charge on any atom is -0.377 e. The zero-order chi connectivity index (χ0) is 11.4. The molecule has 1 atom stereocenters. The normalized spacial score (nSPS) is 27.2. The molecule has 2 aliphatic heterocycles. The van der Waals surface area contributed by atoms with Gasteiger partial charge in [-0.1, -0.05) is 0 Å². The van der Waals surface area contributed by atoms with Crippen LogP contribution in [0, 0.1) is 0 Å². The number of ether oxygens (including phenoxy) is 1. The van der Waals surface area contributed by atoms with Crippen LogP contribution >= 0.6 is 0 Å². The SMILES string of the molecule is NC(=O)N1CCC(NCC2CCCO2)CC1. The average molecular weight is 227 g/mol. The Bertz CT molecular complexity index is 233. The van der Waals surface area contributed by atoms with Crippen molar-refractivity contribution in [2.45, 2.75) is 37.8 Å². The van der Waals surface area contributed by atoms with Crippen LogP contribution in [0.2, 0.25) is 0 Å². The van der Waals surface area contributed by atoms with Crippen molar-refractivity contribution in [3.8, 4) is 0 Å². The van der Waals surface area contributed by atoms with Crippen molar-refractivity contribution in [1.29, 1.82) is 0 Å². The fourth-order valence-electron chi connectivity index (χ4n) is 2.41. The molecule has 0 bridgehead atoms. The molecule has 2 rings (SSSR count). The Morgan fingerprint density at radius 2 is 2.12 bits per heavy atom. The van der Waals surface area contributed by atoms with Gasteiger partial charge in [0.05, 0.1) is 6.10 Å². The minimum absolute atomic E-state index is 0.294. The highest BCUT2D eigenvalue weighted by Crippen LogP contribution is 2.13. The van der Waals surface area contributed by atoms with E-state index >= 15 is 0 Å². The van der Waals surface area contributed by atoms with Crippen LogP contribution in [0.4, 0.5) is 4.79 Å². The predicted octanol–water partition coefficient (Wildman–Crippen LogP) is 0.298. The monoisotopic (exact) mass is 227 g/mol. The molecule has 2 saturated heterocycles. The van der Waals surface area contributed by atoms with Crippen LogP contribution in [-0.4, -0.2) is 49.3 Å². The molecular formula is C11H21N3O2. The van der Waals surface area contributed by atoms with Gasteiger partial charge in [0.25, 0.3) is 0 Å². The highest BCUT2D eigenvalue weighted by atomic mass is 16.5. The third kappa shape index (κ3) is 3.09. The molecule has 0 aromatic carbocycles. The van der Waals surface area contributed by atoms with Crippen molar-refractivity contribution in [2.24, 2.45) is 5.73 Å². The van der Waals surface area contributed by atoms with Crippen molar-refractivity contribution in [3.63, 3.8) is 0 Å². The Hall–Kier alpha value is -0.810. The van der Waals surface area contributed by atoms with Gasteiger partial charge >= 0.3 is 6.03 Å². The Morgan fingerprint density at radius 1 is 1.38 bits per heavy atom. The van der Waals surface area contributed by atoms with E-state index in [1.165, 1.54) is 12.8 Å². The van der Waals surface area contributed by atoms with E-state index in [1.807, 2.05) is 0 Å². The van der Waals surface area contributed by atoms with E-state index in [9.17, 15) is 4.79 Å². The van der Waals surface area contributed by atoms with Gasteiger partial charge in [0.1, 0.15) is 0 Å². The number of hydrogen-bond donors (Lipinski definition) is 2. The van der Waals surface area contributed by atoms with Crippen LogP contribution in [0.5, 0.6) is 0 Å². The maximum absolute atomic E-state index is 10.9. The summed E-state index contributed by atoms with van der Waals surface area (Å²) in [4.78, 5) is 12.6. The first-order valence-electron chi connectivity index (χ1n) is 6.15. The molecule has 16 heavy (non-hydrogen) atoms. The van der Waals surface area contributed by atoms with Crippen molar-refractivity contribution in [2.75, 3.05) is 26.2 Å². The van der Waals surface area contributed by atoms with Gasteiger partial charge in [-0.15, -0.1) is 0 Å². The van der Waals surface area contributed by atoms with Gasteiger partial charge in [0, 0.05) is 32.3 Å². The number of nitrogens with two attached hydrogens (primary N) is 1. The summed E-state index contributed by atoms with van der Waals surface area (Å²) in [5.41, 5.74) is 5.23. The predicted molar refractivity (Wildman–Crippen MR) is 61.2 cm³/mol. The number of rotatable bonds is 3. The molecule has 3 N–H and O–H groups in total. The van der Waals surface area contributed by atoms with Gasteiger partial charge in [0.2, 0.25) is 0 Å². The van der Waals surface area contributed by atoms with Gasteiger partial charge in [-0.05, 0) is 25.7 Å². The number of urea groups is 1. The van der Waals surface area contributed by atoms with Crippen LogP contribution in [0.1, 0.15) is 25.7 Å². The number of nitrogens with one attached hydrogen (secondary N) is 1. The lowest BCUT2D eigenvalue weighted by molar-refractivity contribution is 0.103. The third-order valence-electron chi connectivity index (χ3n) is 3.46. The Balaban J connectivity index is 1.63. The molecule has 0 radical (unpaired) electrons. The summed E-state index contributed by atoms with van der Waals surface area (Å²) in [7, 11) is 0. The summed E-state index contributed by atoms with van der Waals surface area (Å²) < 4.78 is 5.56.